The molecule has 0 aliphatic heterocycles. The van der Waals surface area contributed by atoms with E-state index in [1.54, 1.807) is 32.0 Å². The maximum absolute atomic E-state index is 13.5. The molecule has 0 aromatic heterocycles. The van der Waals surface area contributed by atoms with Crippen molar-refractivity contribution in [2.45, 2.75) is 59.7 Å². The molecule has 2 atom stereocenters. The van der Waals surface area contributed by atoms with Crippen molar-refractivity contribution in [3.8, 4) is 0 Å². The minimum Gasteiger partial charge on any atom is -0.352 e. The highest BCUT2D eigenvalue weighted by Gasteiger charge is 2.30. The first-order valence-electron chi connectivity index (χ1n) is 11.2. The van der Waals surface area contributed by atoms with Gasteiger partial charge in [0.2, 0.25) is 21.8 Å². The number of sulfonamides is 1. The number of nitrogens with zero attached hydrogens (tertiary/aromatic N) is 2. The quantitative estimate of drug-likeness (QED) is 0.525. The van der Waals surface area contributed by atoms with Crippen LogP contribution in [0, 0.1) is 13.8 Å². The van der Waals surface area contributed by atoms with Crippen molar-refractivity contribution in [3.63, 3.8) is 0 Å². The van der Waals surface area contributed by atoms with E-state index in [9.17, 15) is 18.0 Å². The summed E-state index contributed by atoms with van der Waals surface area (Å²) < 4.78 is 26.4. The third-order valence-corrected chi connectivity index (χ3v) is 7.11. The molecule has 34 heavy (non-hydrogen) atoms. The van der Waals surface area contributed by atoms with E-state index in [1.165, 1.54) is 4.90 Å². The first kappa shape index (κ1) is 27.7. The van der Waals surface area contributed by atoms with E-state index >= 15 is 0 Å². The van der Waals surface area contributed by atoms with Gasteiger partial charge in [-0.3, -0.25) is 13.9 Å². The second-order valence-electron chi connectivity index (χ2n) is 8.70. The molecule has 0 saturated carbocycles. The highest BCUT2D eigenvalue weighted by molar-refractivity contribution is 7.92. The molecule has 2 rings (SSSR count). The first-order valence-corrected chi connectivity index (χ1v) is 13.4. The first-order chi connectivity index (χ1) is 15.8. The molecule has 0 aliphatic carbocycles. The van der Waals surface area contributed by atoms with Crippen LogP contribution in [0.3, 0.4) is 0 Å². The van der Waals surface area contributed by atoms with Crippen molar-refractivity contribution >= 4 is 39.1 Å². The number of rotatable bonds is 10. The maximum atomic E-state index is 13.5. The lowest BCUT2D eigenvalue weighted by Crippen LogP contribution is -2.52. The Morgan fingerprint density at radius 2 is 1.68 bits per heavy atom. The Hall–Kier alpha value is -2.58. The minimum atomic E-state index is -3.79. The van der Waals surface area contributed by atoms with E-state index in [4.69, 9.17) is 11.6 Å². The van der Waals surface area contributed by atoms with Crippen molar-refractivity contribution in [1.82, 2.24) is 10.2 Å². The monoisotopic (exact) mass is 507 g/mol. The Morgan fingerprint density at radius 3 is 2.21 bits per heavy atom. The summed E-state index contributed by atoms with van der Waals surface area (Å²) >= 11 is 6.04. The average molecular weight is 508 g/mol. The van der Waals surface area contributed by atoms with Crippen LogP contribution >= 0.6 is 11.6 Å². The van der Waals surface area contributed by atoms with E-state index in [0.717, 1.165) is 28.1 Å². The molecule has 0 unspecified atom stereocenters. The van der Waals surface area contributed by atoms with E-state index in [2.05, 4.69) is 5.32 Å². The van der Waals surface area contributed by atoms with E-state index in [0.29, 0.717) is 16.3 Å². The Kier molecular flexibility index (Phi) is 9.53. The van der Waals surface area contributed by atoms with Crippen LogP contribution in [0.15, 0.2) is 42.5 Å². The maximum Gasteiger partial charge on any atom is 0.244 e. The third kappa shape index (κ3) is 7.46. The van der Waals surface area contributed by atoms with Gasteiger partial charge in [0.1, 0.15) is 12.6 Å². The molecule has 186 valence electrons. The van der Waals surface area contributed by atoms with Gasteiger partial charge in [0, 0.05) is 17.6 Å². The van der Waals surface area contributed by atoms with Gasteiger partial charge in [-0.15, -0.1) is 0 Å². The van der Waals surface area contributed by atoms with Gasteiger partial charge in [0.25, 0.3) is 0 Å². The number of hydrogen-bond donors (Lipinski definition) is 1. The lowest BCUT2D eigenvalue weighted by molar-refractivity contribution is -0.139. The summed E-state index contributed by atoms with van der Waals surface area (Å²) in [4.78, 5) is 27.9. The number of halogens is 1. The predicted molar refractivity (Wildman–Crippen MR) is 137 cm³/mol. The minimum absolute atomic E-state index is 0.0458. The van der Waals surface area contributed by atoms with E-state index < -0.39 is 28.5 Å². The molecular formula is C25H34ClN3O4S. The van der Waals surface area contributed by atoms with Gasteiger partial charge < -0.3 is 10.2 Å². The highest BCUT2D eigenvalue weighted by atomic mass is 35.5. The smallest absolute Gasteiger partial charge is 0.244 e. The fraction of sp³-hybridized carbons (Fsp3) is 0.440. The molecule has 9 heteroatoms. The molecule has 0 bridgehead atoms. The Balaban J connectivity index is 2.41. The van der Waals surface area contributed by atoms with Crippen LogP contribution in [-0.2, 0) is 26.2 Å². The summed E-state index contributed by atoms with van der Waals surface area (Å²) in [6.07, 6.45) is 1.81. The van der Waals surface area contributed by atoms with Crippen molar-refractivity contribution < 1.29 is 18.0 Å². The number of carbonyl (C=O) groups excluding carboxylic acids is 2. The van der Waals surface area contributed by atoms with Crippen molar-refractivity contribution in [3.05, 3.63) is 64.2 Å². The predicted octanol–water partition coefficient (Wildman–Crippen LogP) is 4.05. The summed E-state index contributed by atoms with van der Waals surface area (Å²) in [6, 6.07) is 11.6. The third-order valence-electron chi connectivity index (χ3n) is 5.75. The Morgan fingerprint density at radius 1 is 1.06 bits per heavy atom. The number of benzene rings is 2. The van der Waals surface area contributed by atoms with Gasteiger partial charge in [-0.05, 0) is 63.4 Å². The van der Waals surface area contributed by atoms with Gasteiger partial charge >= 0.3 is 0 Å². The van der Waals surface area contributed by atoms with Gasteiger partial charge in [-0.1, -0.05) is 48.4 Å². The highest BCUT2D eigenvalue weighted by Crippen LogP contribution is 2.26. The van der Waals surface area contributed by atoms with Crippen LogP contribution in [0.25, 0.3) is 0 Å². The van der Waals surface area contributed by atoms with E-state index in [-0.39, 0.29) is 18.5 Å². The fourth-order valence-corrected chi connectivity index (χ4v) is 4.57. The SMILES string of the molecule is CC[C@H](C)NC(=O)[C@H](C)N(Cc1ccc(C)cc1)C(=O)CN(c1ccc(Cl)cc1C)S(C)(=O)=O. The Bertz CT molecular complexity index is 1120. The van der Waals surface area contributed by atoms with Crippen molar-refractivity contribution in [1.29, 1.82) is 0 Å². The van der Waals surface area contributed by atoms with E-state index in [1.807, 2.05) is 45.0 Å². The zero-order valence-electron chi connectivity index (χ0n) is 20.6. The summed E-state index contributed by atoms with van der Waals surface area (Å²) in [6.45, 7) is 8.94. The second kappa shape index (κ2) is 11.7. The van der Waals surface area contributed by atoms with Gasteiger partial charge in [0.15, 0.2) is 0 Å². The normalized spacial score (nSPS) is 13.1. The van der Waals surface area contributed by atoms with Crippen LogP contribution in [0.4, 0.5) is 5.69 Å². The number of amides is 2. The molecule has 2 aromatic rings. The second-order valence-corrected chi connectivity index (χ2v) is 11.0. The number of nitrogens with one attached hydrogen (secondary N) is 1. The fourth-order valence-electron chi connectivity index (χ4n) is 3.43. The zero-order chi connectivity index (χ0) is 25.6. The number of hydrogen-bond acceptors (Lipinski definition) is 4. The summed E-state index contributed by atoms with van der Waals surface area (Å²) in [7, 11) is -3.79. The van der Waals surface area contributed by atoms with Crippen LogP contribution in [0.1, 0.15) is 43.9 Å². The summed E-state index contributed by atoms with van der Waals surface area (Å²) in [5, 5.41) is 3.38. The van der Waals surface area contributed by atoms with Crippen LogP contribution < -0.4 is 9.62 Å². The van der Waals surface area contributed by atoms with Gasteiger partial charge in [0.05, 0.1) is 11.9 Å². The molecule has 0 aliphatic rings. The molecule has 1 N–H and O–H groups in total. The molecule has 0 saturated heterocycles. The average Bonchev–Trinajstić information content (AvgIpc) is 2.76. The topological polar surface area (TPSA) is 86.8 Å². The van der Waals surface area contributed by atoms with Crippen molar-refractivity contribution in [2.24, 2.45) is 0 Å². The summed E-state index contributed by atoms with van der Waals surface area (Å²) in [5.74, 6) is -0.768. The number of aryl methyl sites for hydroxylation is 2. The molecule has 7 nitrogen and oxygen atoms in total. The molecule has 0 heterocycles. The molecule has 2 aromatic carbocycles. The van der Waals surface area contributed by atoms with Gasteiger partial charge in [-0.2, -0.15) is 0 Å². The largest absolute Gasteiger partial charge is 0.352 e. The Labute approximate surface area is 208 Å². The lowest BCUT2D eigenvalue weighted by atomic mass is 10.1. The number of carbonyl (C=O) groups is 2. The van der Waals surface area contributed by atoms with Gasteiger partial charge in [-0.25, -0.2) is 8.42 Å². The molecule has 2 amide bonds. The molecule has 0 radical (unpaired) electrons. The van der Waals surface area contributed by atoms with Crippen LogP contribution in [-0.4, -0.2) is 50.0 Å². The molecular weight excluding hydrogens is 474 g/mol. The standard InChI is InChI=1S/C25H34ClN3O4S/c1-7-19(4)27-25(31)20(5)28(15-21-10-8-17(2)9-11-21)24(30)16-29(34(6,32)33)23-13-12-22(26)14-18(23)3/h8-14,19-20H,7,15-16H2,1-6H3,(H,27,31)/t19-,20-/m0/s1. The van der Waals surface area contributed by atoms with Crippen molar-refractivity contribution in [2.75, 3.05) is 17.1 Å². The molecule has 0 fully saturated rings. The van der Waals surface area contributed by atoms with Crippen LogP contribution in [0.2, 0.25) is 5.02 Å². The zero-order valence-corrected chi connectivity index (χ0v) is 22.2. The van der Waals surface area contributed by atoms with Crippen LogP contribution in [0.5, 0.6) is 0 Å². The summed E-state index contributed by atoms with van der Waals surface area (Å²) in [5.41, 5.74) is 2.91. The number of anilines is 1. The molecule has 0 spiro atoms. The lowest BCUT2D eigenvalue weighted by Gasteiger charge is -2.32.